The monoisotopic (exact) mass is 246 g/mol. The number of aromatic nitrogens is 1. The van der Waals surface area contributed by atoms with Gasteiger partial charge in [0.25, 0.3) is 0 Å². The third kappa shape index (κ3) is 2.34. The van der Waals surface area contributed by atoms with Gasteiger partial charge >= 0.3 is 0 Å². The summed E-state index contributed by atoms with van der Waals surface area (Å²) in [6.45, 7) is 1.64. The summed E-state index contributed by atoms with van der Waals surface area (Å²) >= 11 is 0. The van der Waals surface area contributed by atoms with Gasteiger partial charge in [0.2, 0.25) is 5.91 Å². The second kappa shape index (κ2) is 4.91. The van der Waals surface area contributed by atoms with Crippen molar-refractivity contribution in [2.45, 2.75) is 13.5 Å². The highest BCUT2D eigenvalue weighted by Gasteiger charge is 2.06. The van der Waals surface area contributed by atoms with Crippen LogP contribution in [0.15, 0.2) is 29.2 Å². The molecule has 0 atom stereocenters. The molecule has 0 spiro atoms. The summed E-state index contributed by atoms with van der Waals surface area (Å²) in [5.41, 5.74) is 1.16. The molecule has 2 aromatic rings. The van der Waals surface area contributed by atoms with Crippen molar-refractivity contribution in [3.05, 3.63) is 40.2 Å². The lowest BCUT2D eigenvalue weighted by Gasteiger charge is -2.05. The molecule has 1 amide bonds. The molecule has 0 fully saturated rings. The van der Waals surface area contributed by atoms with Gasteiger partial charge in [-0.05, 0) is 18.2 Å². The predicted octanol–water partition coefficient (Wildman–Crippen LogP) is 1.17. The molecule has 1 aromatic carbocycles. The summed E-state index contributed by atoms with van der Waals surface area (Å²) in [5.74, 6) is 0.463. The summed E-state index contributed by atoms with van der Waals surface area (Å²) in [6, 6.07) is 5.26. The second-order valence-electron chi connectivity index (χ2n) is 3.96. The molecule has 0 saturated heterocycles. The molecule has 18 heavy (non-hydrogen) atoms. The third-order valence-corrected chi connectivity index (χ3v) is 2.69. The standard InChI is InChI=1S/C13H14N2O3/c1-8(16)14-6-9-7-15-12-4-3-10(18-2)5-11(12)13(9)17/h3-5,7H,6H2,1-2H3,(H,14,16)(H,15,17). The van der Waals surface area contributed by atoms with Crippen LogP contribution in [0.1, 0.15) is 12.5 Å². The van der Waals surface area contributed by atoms with Crippen LogP contribution in [0.2, 0.25) is 0 Å². The minimum Gasteiger partial charge on any atom is -0.497 e. The number of methoxy groups -OCH3 is 1. The fraction of sp³-hybridized carbons (Fsp3) is 0.231. The van der Waals surface area contributed by atoms with Crippen LogP contribution in [0, 0.1) is 0 Å². The summed E-state index contributed by atoms with van der Waals surface area (Å²) in [4.78, 5) is 26.1. The second-order valence-corrected chi connectivity index (χ2v) is 3.96. The molecule has 0 aliphatic rings. The highest BCUT2D eigenvalue weighted by molar-refractivity contribution is 5.80. The van der Waals surface area contributed by atoms with Crippen LogP contribution in [0.3, 0.4) is 0 Å². The van der Waals surface area contributed by atoms with Crippen molar-refractivity contribution in [3.8, 4) is 5.75 Å². The fourth-order valence-electron chi connectivity index (χ4n) is 1.72. The molecule has 0 aliphatic carbocycles. The molecule has 5 nitrogen and oxygen atoms in total. The van der Waals surface area contributed by atoms with Crippen molar-refractivity contribution in [2.24, 2.45) is 0 Å². The van der Waals surface area contributed by atoms with E-state index < -0.39 is 0 Å². The molecular weight excluding hydrogens is 232 g/mol. The van der Waals surface area contributed by atoms with Gasteiger partial charge in [0.05, 0.1) is 7.11 Å². The highest BCUT2D eigenvalue weighted by atomic mass is 16.5. The lowest BCUT2D eigenvalue weighted by atomic mass is 10.1. The molecule has 2 rings (SSSR count). The van der Waals surface area contributed by atoms with Crippen molar-refractivity contribution in [1.29, 1.82) is 0 Å². The van der Waals surface area contributed by atoms with Gasteiger partial charge < -0.3 is 15.0 Å². The lowest BCUT2D eigenvalue weighted by Crippen LogP contribution is -2.23. The molecule has 0 bridgehead atoms. The Morgan fingerprint density at radius 1 is 1.44 bits per heavy atom. The number of aromatic amines is 1. The third-order valence-electron chi connectivity index (χ3n) is 2.69. The van der Waals surface area contributed by atoms with Crippen molar-refractivity contribution in [1.82, 2.24) is 10.3 Å². The largest absolute Gasteiger partial charge is 0.497 e. The van der Waals surface area contributed by atoms with E-state index in [1.54, 1.807) is 31.5 Å². The Balaban J connectivity index is 2.48. The van der Waals surface area contributed by atoms with Gasteiger partial charge in [0.15, 0.2) is 5.43 Å². The van der Waals surface area contributed by atoms with Crippen molar-refractivity contribution < 1.29 is 9.53 Å². The zero-order valence-electron chi connectivity index (χ0n) is 10.2. The van der Waals surface area contributed by atoms with Gasteiger partial charge in [-0.15, -0.1) is 0 Å². The number of H-pyrrole nitrogens is 1. The first-order valence-corrected chi connectivity index (χ1v) is 5.54. The number of benzene rings is 1. The number of carbonyl (C=O) groups excluding carboxylic acids is 1. The maximum absolute atomic E-state index is 12.2. The number of rotatable bonds is 3. The molecule has 0 aliphatic heterocycles. The average molecular weight is 246 g/mol. The maximum Gasteiger partial charge on any atom is 0.217 e. The number of carbonyl (C=O) groups is 1. The van der Waals surface area contributed by atoms with E-state index in [0.717, 1.165) is 5.52 Å². The topological polar surface area (TPSA) is 71.2 Å². The lowest BCUT2D eigenvalue weighted by molar-refractivity contribution is -0.119. The van der Waals surface area contributed by atoms with Gasteiger partial charge in [-0.3, -0.25) is 9.59 Å². The molecule has 1 heterocycles. The quantitative estimate of drug-likeness (QED) is 0.854. The van der Waals surface area contributed by atoms with Gasteiger partial charge in [-0.1, -0.05) is 0 Å². The van der Waals surface area contributed by atoms with Gasteiger partial charge in [-0.25, -0.2) is 0 Å². The molecule has 0 unspecified atom stereocenters. The number of pyridine rings is 1. The Morgan fingerprint density at radius 3 is 2.89 bits per heavy atom. The Hall–Kier alpha value is -2.30. The summed E-state index contributed by atoms with van der Waals surface area (Å²) in [7, 11) is 1.55. The summed E-state index contributed by atoms with van der Waals surface area (Å²) < 4.78 is 5.09. The zero-order chi connectivity index (χ0) is 13.1. The van der Waals surface area contributed by atoms with Crippen molar-refractivity contribution >= 4 is 16.8 Å². The van der Waals surface area contributed by atoms with E-state index in [4.69, 9.17) is 4.74 Å². The molecule has 0 radical (unpaired) electrons. The average Bonchev–Trinajstić information content (AvgIpc) is 2.37. The summed E-state index contributed by atoms with van der Waals surface area (Å²) in [5, 5.41) is 3.16. The smallest absolute Gasteiger partial charge is 0.217 e. The SMILES string of the molecule is COc1ccc2[nH]cc(CNC(C)=O)c(=O)c2c1. The van der Waals surface area contributed by atoms with E-state index in [0.29, 0.717) is 16.7 Å². The van der Waals surface area contributed by atoms with Gasteiger partial charge in [-0.2, -0.15) is 0 Å². The number of nitrogens with one attached hydrogen (secondary N) is 2. The number of hydrogen-bond acceptors (Lipinski definition) is 3. The number of ether oxygens (including phenoxy) is 1. The Morgan fingerprint density at radius 2 is 2.22 bits per heavy atom. The van der Waals surface area contributed by atoms with E-state index in [1.807, 2.05) is 0 Å². The normalized spacial score (nSPS) is 10.3. The van der Waals surface area contributed by atoms with E-state index in [1.165, 1.54) is 6.92 Å². The van der Waals surface area contributed by atoms with E-state index in [9.17, 15) is 9.59 Å². The highest BCUT2D eigenvalue weighted by Crippen LogP contribution is 2.16. The van der Waals surface area contributed by atoms with Crippen molar-refractivity contribution in [3.63, 3.8) is 0 Å². The van der Waals surface area contributed by atoms with Crippen LogP contribution in [0.25, 0.3) is 10.9 Å². The maximum atomic E-state index is 12.2. The van der Waals surface area contributed by atoms with Gasteiger partial charge in [0, 0.05) is 36.1 Å². The first-order chi connectivity index (χ1) is 8.61. The first kappa shape index (κ1) is 12.2. The van der Waals surface area contributed by atoms with Crippen LogP contribution in [0.5, 0.6) is 5.75 Å². The van der Waals surface area contributed by atoms with Crippen molar-refractivity contribution in [2.75, 3.05) is 7.11 Å². The molecule has 1 aromatic heterocycles. The Labute approximate surface area is 104 Å². The zero-order valence-corrected chi connectivity index (χ0v) is 10.2. The van der Waals surface area contributed by atoms with Crippen LogP contribution in [0.4, 0.5) is 0 Å². The van der Waals surface area contributed by atoms with Crippen LogP contribution in [-0.2, 0) is 11.3 Å². The molecule has 2 N–H and O–H groups in total. The van der Waals surface area contributed by atoms with E-state index in [-0.39, 0.29) is 17.9 Å². The first-order valence-electron chi connectivity index (χ1n) is 5.54. The Bertz CT molecular complexity index is 646. The Kier molecular flexibility index (Phi) is 3.32. The number of fused-ring (bicyclic) bond motifs is 1. The summed E-state index contributed by atoms with van der Waals surface area (Å²) in [6.07, 6.45) is 1.62. The van der Waals surface area contributed by atoms with Crippen LogP contribution < -0.4 is 15.5 Å². The van der Waals surface area contributed by atoms with Gasteiger partial charge in [0.1, 0.15) is 5.75 Å². The van der Waals surface area contributed by atoms with E-state index >= 15 is 0 Å². The predicted molar refractivity (Wildman–Crippen MR) is 68.6 cm³/mol. The minimum atomic E-state index is -0.167. The molecule has 94 valence electrons. The van der Waals surface area contributed by atoms with Crippen LogP contribution >= 0.6 is 0 Å². The van der Waals surface area contributed by atoms with Crippen LogP contribution in [-0.4, -0.2) is 18.0 Å². The molecule has 5 heteroatoms. The minimum absolute atomic E-state index is 0.101. The molecule has 0 saturated carbocycles. The molecular formula is C13H14N2O3. The fourth-order valence-corrected chi connectivity index (χ4v) is 1.72. The number of amides is 1. The number of hydrogen-bond donors (Lipinski definition) is 2. The van der Waals surface area contributed by atoms with E-state index in [2.05, 4.69) is 10.3 Å².